The Kier molecular flexibility index (Phi) is 6.43. The Morgan fingerprint density at radius 1 is 1.40 bits per heavy atom. The number of carbonyl (C=O) groups is 1. The predicted octanol–water partition coefficient (Wildman–Crippen LogP) is 0.569. The van der Waals surface area contributed by atoms with Gasteiger partial charge in [-0.3, -0.25) is 4.79 Å². The molecule has 20 heavy (non-hydrogen) atoms. The van der Waals surface area contributed by atoms with E-state index in [4.69, 9.17) is 5.73 Å². The van der Waals surface area contributed by atoms with E-state index in [0.29, 0.717) is 13.1 Å². The quantitative estimate of drug-likeness (QED) is 0.666. The molecule has 1 unspecified atom stereocenters. The van der Waals surface area contributed by atoms with E-state index in [1.54, 1.807) is 0 Å². The van der Waals surface area contributed by atoms with Crippen LogP contribution < -0.4 is 11.1 Å². The van der Waals surface area contributed by atoms with Gasteiger partial charge in [-0.05, 0) is 37.3 Å². The molecule has 5 nitrogen and oxygen atoms in total. The highest BCUT2D eigenvalue weighted by Crippen LogP contribution is 2.19. The molecule has 4 N–H and O–H groups in total. The topological polar surface area (TPSA) is 78.6 Å². The third-order valence-corrected chi connectivity index (χ3v) is 4.05. The summed E-state index contributed by atoms with van der Waals surface area (Å²) in [5.41, 5.74) is 5.17. The van der Waals surface area contributed by atoms with Crippen LogP contribution in [0.3, 0.4) is 0 Å². The molecule has 1 fully saturated rings. The number of primary amides is 1. The summed E-state index contributed by atoms with van der Waals surface area (Å²) in [6, 6.07) is -0.418. The molecule has 1 heterocycles. The van der Waals surface area contributed by atoms with E-state index in [0.717, 1.165) is 19.0 Å². The van der Waals surface area contributed by atoms with E-state index in [2.05, 4.69) is 17.1 Å². The minimum atomic E-state index is -0.465. The van der Waals surface area contributed by atoms with Gasteiger partial charge in [-0.25, -0.2) is 0 Å². The molecule has 0 aliphatic carbocycles. The molecule has 0 spiro atoms. The maximum atomic E-state index is 11.5. The lowest BCUT2D eigenvalue weighted by molar-refractivity contribution is -0.122. The van der Waals surface area contributed by atoms with Crippen molar-refractivity contribution < 1.29 is 9.90 Å². The molecule has 2 atom stereocenters. The molecule has 5 heteroatoms. The number of piperidine rings is 1. The first-order valence-corrected chi connectivity index (χ1v) is 7.63. The van der Waals surface area contributed by atoms with Crippen molar-refractivity contribution in [3.63, 3.8) is 0 Å². The number of likely N-dealkylation sites (tertiary alicyclic amines) is 1. The summed E-state index contributed by atoms with van der Waals surface area (Å²) in [6.45, 7) is 11.3. The van der Waals surface area contributed by atoms with Crippen molar-refractivity contribution in [2.75, 3.05) is 26.2 Å². The number of nitrogens with one attached hydrogen (secondary N) is 1. The van der Waals surface area contributed by atoms with Gasteiger partial charge in [-0.2, -0.15) is 0 Å². The summed E-state index contributed by atoms with van der Waals surface area (Å²) in [7, 11) is 0. The largest absolute Gasteiger partial charge is 0.390 e. The predicted molar refractivity (Wildman–Crippen MR) is 81.3 cm³/mol. The molecular weight excluding hydrogens is 254 g/mol. The summed E-state index contributed by atoms with van der Waals surface area (Å²) in [5.74, 6) is 0.429. The lowest BCUT2D eigenvalue weighted by Crippen LogP contribution is -2.53. The van der Waals surface area contributed by atoms with E-state index >= 15 is 0 Å². The van der Waals surface area contributed by atoms with Crippen LogP contribution in [0.25, 0.3) is 0 Å². The minimum absolute atomic E-state index is 0.244. The van der Waals surface area contributed by atoms with Crippen LogP contribution in [0.15, 0.2) is 0 Å². The smallest absolute Gasteiger partial charge is 0.235 e. The van der Waals surface area contributed by atoms with Crippen molar-refractivity contribution >= 4 is 5.91 Å². The van der Waals surface area contributed by atoms with Gasteiger partial charge in [0.05, 0.1) is 12.1 Å². The van der Waals surface area contributed by atoms with Gasteiger partial charge in [0, 0.05) is 13.1 Å². The normalized spacial score (nSPS) is 21.6. The van der Waals surface area contributed by atoms with Crippen LogP contribution in [-0.2, 0) is 4.79 Å². The van der Waals surface area contributed by atoms with Gasteiger partial charge in [-0.15, -0.1) is 0 Å². The lowest BCUT2D eigenvalue weighted by atomic mass is 9.86. The molecule has 0 saturated carbocycles. The van der Waals surface area contributed by atoms with E-state index in [1.165, 1.54) is 12.8 Å². The fraction of sp³-hybridized carbons (Fsp3) is 0.933. The fourth-order valence-electron chi connectivity index (χ4n) is 2.69. The monoisotopic (exact) mass is 285 g/mol. The van der Waals surface area contributed by atoms with E-state index in [9.17, 15) is 9.90 Å². The molecule has 1 aliphatic rings. The fourth-order valence-corrected chi connectivity index (χ4v) is 2.69. The molecule has 1 aliphatic heterocycles. The molecule has 0 aromatic heterocycles. The highest BCUT2D eigenvalue weighted by molar-refractivity contribution is 5.80. The molecule has 1 saturated heterocycles. The number of amides is 1. The molecule has 1 amide bonds. The second kappa shape index (κ2) is 7.38. The van der Waals surface area contributed by atoms with Crippen LogP contribution in [0.5, 0.6) is 0 Å². The average Bonchev–Trinajstić information content (AvgIpc) is 2.30. The Balaban J connectivity index is 2.34. The number of aliphatic hydroxyl groups excluding tert-OH is 1. The van der Waals surface area contributed by atoms with Crippen molar-refractivity contribution in [3.8, 4) is 0 Å². The highest BCUT2D eigenvalue weighted by atomic mass is 16.3. The maximum absolute atomic E-state index is 11.5. The summed E-state index contributed by atoms with van der Waals surface area (Å²) < 4.78 is 0. The van der Waals surface area contributed by atoms with Gasteiger partial charge in [0.2, 0.25) is 5.91 Å². The Labute approximate surface area is 122 Å². The number of nitrogens with two attached hydrogens (primary N) is 1. The Bertz CT molecular complexity index is 307. The highest BCUT2D eigenvalue weighted by Gasteiger charge is 2.29. The van der Waals surface area contributed by atoms with Crippen molar-refractivity contribution in [1.29, 1.82) is 0 Å². The van der Waals surface area contributed by atoms with Gasteiger partial charge in [-0.1, -0.05) is 27.7 Å². The van der Waals surface area contributed by atoms with Crippen LogP contribution in [0.2, 0.25) is 0 Å². The molecule has 0 aromatic carbocycles. The number of nitrogens with zero attached hydrogens (tertiary/aromatic N) is 1. The van der Waals surface area contributed by atoms with Gasteiger partial charge in [0.25, 0.3) is 0 Å². The minimum Gasteiger partial charge on any atom is -0.390 e. The molecule has 1 rings (SSSR count). The van der Waals surface area contributed by atoms with Crippen molar-refractivity contribution in [1.82, 2.24) is 10.2 Å². The third-order valence-electron chi connectivity index (χ3n) is 4.05. The summed E-state index contributed by atoms with van der Waals surface area (Å²) in [6.07, 6.45) is 1.94. The van der Waals surface area contributed by atoms with Gasteiger partial charge in [0.15, 0.2) is 0 Å². The zero-order valence-electron chi connectivity index (χ0n) is 13.4. The van der Waals surface area contributed by atoms with Gasteiger partial charge < -0.3 is 21.1 Å². The Morgan fingerprint density at radius 3 is 2.40 bits per heavy atom. The van der Waals surface area contributed by atoms with E-state index in [1.807, 2.05) is 20.8 Å². The molecule has 0 aromatic rings. The first-order valence-electron chi connectivity index (χ1n) is 7.63. The first kappa shape index (κ1) is 17.4. The summed E-state index contributed by atoms with van der Waals surface area (Å²) in [5, 5.41) is 13.2. The Hall–Kier alpha value is -0.650. The second-order valence-corrected chi connectivity index (χ2v) is 7.25. The van der Waals surface area contributed by atoms with Crippen LogP contribution in [0, 0.1) is 11.3 Å². The number of carbonyl (C=O) groups excluding carboxylic acids is 1. The Morgan fingerprint density at radius 2 is 1.95 bits per heavy atom. The van der Waals surface area contributed by atoms with Gasteiger partial charge in [0.1, 0.15) is 0 Å². The molecule has 0 bridgehead atoms. The zero-order chi connectivity index (χ0) is 15.3. The molecular formula is C15H31N3O2. The maximum Gasteiger partial charge on any atom is 0.235 e. The number of hydrogen-bond acceptors (Lipinski definition) is 4. The lowest BCUT2D eigenvalue weighted by Gasteiger charge is -2.33. The SMILES string of the molecule is CC1CCN(CC(O)CN[C@H](C(N)=O)C(C)(C)C)CC1. The number of hydrogen-bond donors (Lipinski definition) is 3. The van der Waals surface area contributed by atoms with Crippen molar-refractivity contribution in [3.05, 3.63) is 0 Å². The number of aliphatic hydroxyl groups is 1. The summed E-state index contributed by atoms with van der Waals surface area (Å²) in [4.78, 5) is 13.7. The number of β-amino-alcohol motifs (C(OH)–C–C–N with tert-alkyl or cyclic N) is 1. The standard InChI is InChI=1S/C15H31N3O2/c1-11-5-7-18(8-6-11)10-12(19)9-17-13(14(16)20)15(2,3)4/h11-13,17,19H,5-10H2,1-4H3,(H2,16,20)/t12?,13-/m1/s1. The third kappa shape index (κ3) is 5.77. The molecule has 0 radical (unpaired) electrons. The van der Waals surface area contributed by atoms with Crippen molar-refractivity contribution in [2.45, 2.75) is 52.7 Å². The zero-order valence-corrected chi connectivity index (χ0v) is 13.4. The molecule has 118 valence electrons. The average molecular weight is 285 g/mol. The first-order chi connectivity index (χ1) is 9.20. The van der Waals surface area contributed by atoms with Crippen LogP contribution in [-0.4, -0.2) is 54.2 Å². The van der Waals surface area contributed by atoms with Crippen LogP contribution in [0.4, 0.5) is 0 Å². The van der Waals surface area contributed by atoms with Crippen LogP contribution >= 0.6 is 0 Å². The van der Waals surface area contributed by atoms with Crippen LogP contribution in [0.1, 0.15) is 40.5 Å². The van der Waals surface area contributed by atoms with E-state index in [-0.39, 0.29) is 11.3 Å². The number of rotatable bonds is 6. The second-order valence-electron chi connectivity index (χ2n) is 7.25. The summed E-state index contributed by atoms with van der Waals surface area (Å²) >= 11 is 0. The van der Waals surface area contributed by atoms with Crippen molar-refractivity contribution in [2.24, 2.45) is 17.1 Å². The van der Waals surface area contributed by atoms with E-state index < -0.39 is 12.1 Å². The van der Waals surface area contributed by atoms with Gasteiger partial charge >= 0.3 is 0 Å².